The number of carbonyl (C=O) groups excluding carboxylic acids is 1. The summed E-state index contributed by atoms with van der Waals surface area (Å²) in [4.78, 5) is 21.3. The molecule has 3 heterocycles. The summed E-state index contributed by atoms with van der Waals surface area (Å²) in [6.45, 7) is 0.631. The SMILES string of the molecule is O=C(c1cc2c(s1)CCCC2)N1C[C@@H]2C[C@H]1C[C@@H]2NS(=O)(=O)c1cccnc1. The van der Waals surface area contributed by atoms with Gasteiger partial charge in [0, 0.05) is 35.9 Å². The number of rotatable bonds is 4. The maximum Gasteiger partial charge on any atom is 0.264 e. The van der Waals surface area contributed by atoms with Gasteiger partial charge >= 0.3 is 0 Å². The van der Waals surface area contributed by atoms with Crippen LogP contribution in [0.5, 0.6) is 0 Å². The molecule has 1 saturated heterocycles. The molecule has 8 heteroatoms. The van der Waals surface area contributed by atoms with Crippen LogP contribution < -0.4 is 4.72 Å². The van der Waals surface area contributed by atoms with E-state index >= 15 is 0 Å². The summed E-state index contributed by atoms with van der Waals surface area (Å²) in [6, 6.07) is 5.28. The van der Waals surface area contributed by atoms with Crippen molar-refractivity contribution in [1.29, 1.82) is 0 Å². The first-order chi connectivity index (χ1) is 13.5. The number of fused-ring (bicyclic) bond motifs is 3. The molecule has 2 aromatic heterocycles. The average Bonchev–Trinajstić information content (AvgIpc) is 3.41. The number of carbonyl (C=O) groups is 1. The van der Waals surface area contributed by atoms with E-state index in [0.717, 1.165) is 24.1 Å². The molecule has 0 spiro atoms. The fraction of sp³-hybridized carbons (Fsp3) is 0.500. The summed E-state index contributed by atoms with van der Waals surface area (Å²) in [7, 11) is -3.57. The van der Waals surface area contributed by atoms with Crippen LogP contribution in [0.25, 0.3) is 0 Å². The van der Waals surface area contributed by atoms with E-state index < -0.39 is 10.0 Å². The van der Waals surface area contributed by atoms with Crippen LogP contribution in [-0.4, -0.2) is 42.8 Å². The molecule has 1 N–H and O–H groups in total. The standard InChI is InChI=1S/C20H23N3O3S2/c24-20(19-9-13-4-1-2-6-18(13)27-19)23-12-14-8-15(23)10-17(14)22-28(25,26)16-5-3-7-21-11-16/h3,5,7,9,11,14-15,17,22H,1-2,4,6,8,10,12H2/t14-,15-,17-/m0/s1. The zero-order valence-electron chi connectivity index (χ0n) is 15.5. The van der Waals surface area contributed by atoms with Gasteiger partial charge in [0.15, 0.2) is 0 Å². The second-order valence-electron chi connectivity index (χ2n) is 8.03. The number of amides is 1. The molecule has 0 unspecified atom stereocenters. The van der Waals surface area contributed by atoms with Gasteiger partial charge in [-0.15, -0.1) is 11.3 Å². The van der Waals surface area contributed by atoms with Gasteiger partial charge in [0.1, 0.15) is 4.90 Å². The van der Waals surface area contributed by atoms with Crippen LogP contribution in [0.2, 0.25) is 0 Å². The number of likely N-dealkylation sites (tertiary alicyclic amines) is 1. The van der Waals surface area contributed by atoms with E-state index in [1.165, 1.54) is 29.5 Å². The third kappa shape index (κ3) is 3.17. The quantitative estimate of drug-likeness (QED) is 0.829. The highest BCUT2D eigenvalue weighted by atomic mass is 32.2. The maximum absolute atomic E-state index is 13.1. The first-order valence-corrected chi connectivity index (χ1v) is 12.2. The number of thiophene rings is 1. The first-order valence-electron chi connectivity index (χ1n) is 9.86. The van der Waals surface area contributed by atoms with Gasteiger partial charge in [-0.3, -0.25) is 9.78 Å². The summed E-state index contributed by atoms with van der Waals surface area (Å²) in [5.41, 5.74) is 1.35. The predicted molar refractivity (Wildman–Crippen MR) is 107 cm³/mol. The van der Waals surface area contributed by atoms with Crippen molar-refractivity contribution in [2.45, 2.75) is 55.5 Å². The minimum absolute atomic E-state index is 0.115. The number of piperidine rings is 1. The lowest BCUT2D eigenvalue weighted by Gasteiger charge is -2.31. The second kappa shape index (κ2) is 6.93. The van der Waals surface area contributed by atoms with Gasteiger partial charge < -0.3 is 4.90 Å². The molecule has 3 atom stereocenters. The fourth-order valence-corrected chi connectivity index (χ4v) is 7.35. The largest absolute Gasteiger partial charge is 0.335 e. The number of pyridine rings is 1. The number of nitrogens with one attached hydrogen (secondary N) is 1. The molecule has 2 aromatic rings. The summed E-state index contributed by atoms with van der Waals surface area (Å²) < 4.78 is 28.0. The third-order valence-corrected chi connectivity index (χ3v) is 8.96. The number of hydrogen-bond donors (Lipinski definition) is 1. The smallest absolute Gasteiger partial charge is 0.264 e. The number of nitrogens with zero attached hydrogens (tertiary/aromatic N) is 2. The molecule has 5 rings (SSSR count). The first kappa shape index (κ1) is 18.3. The van der Waals surface area contributed by atoms with E-state index in [0.29, 0.717) is 13.0 Å². The Morgan fingerprint density at radius 3 is 2.82 bits per heavy atom. The lowest BCUT2D eigenvalue weighted by atomic mass is 9.99. The van der Waals surface area contributed by atoms with E-state index in [9.17, 15) is 13.2 Å². The lowest BCUT2D eigenvalue weighted by Crippen LogP contribution is -2.47. The van der Waals surface area contributed by atoms with Gasteiger partial charge in [0.05, 0.1) is 4.88 Å². The minimum atomic E-state index is -3.57. The Balaban J connectivity index is 1.27. The van der Waals surface area contributed by atoms with Crippen LogP contribution in [0, 0.1) is 5.92 Å². The van der Waals surface area contributed by atoms with Crippen molar-refractivity contribution in [3.63, 3.8) is 0 Å². The van der Waals surface area contributed by atoms with Crippen molar-refractivity contribution >= 4 is 27.3 Å². The van der Waals surface area contributed by atoms with Crippen molar-refractivity contribution in [2.24, 2.45) is 5.92 Å². The van der Waals surface area contributed by atoms with Crippen molar-refractivity contribution < 1.29 is 13.2 Å². The lowest BCUT2D eigenvalue weighted by molar-refractivity contribution is 0.0696. The Labute approximate surface area is 169 Å². The van der Waals surface area contributed by atoms with Crippen LogP contribution >= 0.6 is 11.3 Å². The molecule has 1 aliphatic heterocycles. The molecule has 0 radical (unpaired) electrons. The number of aryl methyl sites for hydroxylation is 2. The Kier molecular flexibility index (Phi) is 4.52. The highest BCUT2D eigenvalue weighted by molar-refractivity contribution is 7.89. The van der Waals surface area contributed by atoms with Crippen molar-refractivity contribution in [3.05, 3.63) is 45.9 Å². The highest BCUT2D eigenvalue weighted by Gasteiger charge is 2.48. The predicted octanol–water partition coefficient (Wildman–Crippen LogP) is 2.60. The molecule has 2 fully saturated rings. The average molecular weight is 418 g/mol. The van der Waals surface area contributed by atoms with Crippen LogP contribution in [0.15, 0.2) is 35.5 Å². The van der Waals surface area contributed by atoms with Crippen molar-refractivity contribution in [3.8, 4) is 0 Å². The van der Waals surface area contributed by atoms with Crippen molar-refractivity contribution in [2.75, 3.05) is 6.54 Å². The highest BCUT2D eigenvalue weighted by Crippen LogP contribution is 2.40. The normalized spacial score (nSPS) is 26.4. The molecule has 2 bridgehead atoms. The summed E-state index contributed by atoms with van der Waals surface area (Å²) in [5.74, 6) is 0.301. The monoisotopic (exact) mass is 417 g/mol. The zero-order chi connectivity index (χ0) is 19.3. The van der Waals surface area contributed by atoms with Gasteiger partial charge in [-0.1, -0.05) is 0 Å². The molecular formula is C20H23N3O3S2. The minimum Gasteiger partial charge on any atom is -0.335 e. The van der Waals surface area contributed by atoms with E-state index in [2.05, 4.69) is 15.8 Å². The number of hydrogen-bond acceptors (Lipinski definition) is 5. The molecule has 2 aliphatic carbocycles. The number of aromatic nitrogens is 1. The van der Waals surface area contributed by atoms with E-state index in [1.54, 1.807) is 29.7 Å². The van der Waals surface area contributed by atoms with Crippen LogP contribution in [-0.2, 0) is 22.9 Å². The van der Waals surface area contributed by atoms with Crippen LogP contribution in [0.1, 0.15) is 45.8 Å². The van der Waals surface area contributed by atoms with Gasteiger partial charge in [0.2, 0.25) is 10.0 Å². The topological polar surface area (TPSA) is 79.4 Å². The molecule has 28 heavy (non-hydrogen) atoms. The molecule has 1 amide bonds. The Bertz CT molecular complexity index is 979. The summed E-state index contributed by atoms with van der Waals surface area (Å²) >= 11 is 1.66. The van der Waals surface area contributed by atoms with Crippen molar-refractivity contribution in [1.82, 2.24) is 14.6 Å². The Morgan fingerprint density at radius 2 is 2.11 bits per heavy atom. The summed E-state index contributed by atoms with van der Waals surface area (Å²) in [5, 5.41) is 0. The van der Waals surface area contributed by atoms with Crippen LogP contribution in [0.3, 0.4) is 0 Å². The van der Waals surface area contributed by atoms with E-state index in [1.807, 2.05) is 4.90 Å². The zero-order valence-corrected chi connectivity index (χ0v) is 17.1. The fourth-order valence-electron chi connectivity index (χ4n) is 4.86. The second-order valence-corrected chi connectivity index (χ2v) is 10.9. The van der Waals surface area contributed by atoms with Gasteiger partial charge in [-0.05, 0) is 68.2 Å². The third-order valence-electron chi connectivity index (χ3n) is 6.26. The maximum atomic E-state index is 13.1. The van der Waals surface area contributed by atoms with Gasteiger partial charge in [-0.25, -0.2) is 13.1 Å². The molecule has 1 saturated carbocycles. The molecule has 3 aliphatic rings. The Hall–Kier alpha value is -1.77. The van der Waals surface area contributed by atoms with Crippen LogP contribution in [0.4, 0.5) is 0 Å². The van der Waals surface area contributed by atoms with E-state index in [4.69, 9.17) is 0 Å². The molecule has 6 nitrogen and oxygen atoms in total. The van der Waals surface area contributed by atoms with Gasteiger partial charge in [-0.2, -0.15) is 0 Å². The van der Waals surface area contributed by atoms with E-state index in [-0.39, 0.29) is 28.8 Å². The molecule has 148 valence electrons. The molecule has 0 aromatic carbocycles. The van der Waals surface area contributed by atoms with Gasteiger partial charge in [0.25, 0.3) is 5.91 Å². The molecular weight excluding hydrogens is 394 g/mol. The Morgan fingerprint density at radius 1 is 1.25 bits per heavy atom. The number of sulfonamides is 1. The summed E-state index contributed by atoms with van der Waals surface area (Å²) in [6.07, 6.45) is 9.09.